The summed E-state index contributed by atoms with van der Waals surface area (Å²) in [7, 11) is 0. The van der Waals surface area contributed by atoms with E-state index in [0.717, 1.165) is 25.0 Å². The Morgan fingerprint density at radius 3 is 2.50 bits per heavy atom. The van der Waals surface area contributed by atoms with Crippen LogP contribution in [0.4, 0.5) is 14.5 Å². The lowest BCUT2D eigenvalue weighted by atomic mass is 10.2. The van der Waals surface area contributed by atoms with Gasteiger partial charge in [-0.05, 0) is 6.42 Å². The van der Waals surface area contributed by atoms with Crippen LogP contribution >= 0.6 is 11.6 Å². The minimum atomic E-state index is -0.824. The molecule has 0 atom stereocenters. The molecule has 6 heteroatoms. The number of rotatable bonds is 6. The van der Waals surface area contributed by atoms with Crippen molar-refractivity contribution in [2.24, 2.45) is 10.7 Å². The van der Waals surface area contributed by atoms with Crippen LogP contribution in [0.3, 0.4) is 0 Å². The number of aliphatic imine (C=N–C) groups is 1. The Morgan fingerprint density at radius 2 is 2.00 bits per heavy atom. The molecule has 0 amide bonds. The number of benzene rings is 1. The summed E-state index contributed by atoms with van der Waals surface area (Å²) in [4.78, 5) is 3.57. The van der Waals surface area contributed by atoms with Gasteiger partial charge in [-0.15, -0.1) is 11.6 Å². The van der Waals surface area contributed by atoms with Crippen molar-refractivity contribution >= 4 is 23.1 Å². The molecule has 0 aliphatic rings. The summed E-state index contributed by atoms with van der Waals surface area (Å²) in [6.45, 7) is 2.42. The fourth-order valence-electron chi connectivity index (χ4n) is 1.24. The molecule has 0 bridgehead atoms. The van der Waals surface area contributed by atoms with Gasteiger partial charge >= 0.3 is 0 Å². The maximum atomic E-state index is 13.6. The number of alkyl halides is 1. The predicted molar refractivity (Wildman–Crippen MR) is 68.8 cm³/mol. The van der Waals surface area contributed by atoms with E-state index < -0.39 is 17.3 Å². The van der Waals surface area contributed by atoms with E-state index in [-0.39, 0.29) is 17.5 Å². The van der Waals surface area contributed by atoms with E-state index in [9.17, 15) is 8.78 Å². The Bertz CT molecular complexity index is 415. The van der Waals surface area contributed by atoms with Gasteiger partial charge in [0.25, 0.3) is 0 Å². The molecule has 3 nitrogen and oxygen atoms in total. The Morgan fingerprint density at radius 1 is 1.39 bits per heavy atom. The maximum absolute atomic E-state index is 13.6. The number of nitrogens with two attached hydrogens (primary N) is 1. The van der Waals surface area contributed by atoms with Gasteiger partial charge in [0.2, 0.25) is 0 Å². The summed E-state index contributed by atoms with van der Waals surface area (Å²) in [5, 5.41) is 0. The first-order valence-corrected chi connectivity index (χ1v) is 6.12. The lowest BCUT2D eigenvalue weighted by Gasteiger charge is -2.07. The van der Waals surface area contributed by atoms with Crippen LogP contribution in [-0.4, -0.2) is 18.3 Å². The number of halogens is 3. The van der Waals surface area contributed by atoms with Gasteiger partial charge in [0.05, 0.1) is 12.5 Å². The zero-order valence-corrected chi connectivity index (χ0v) is 10.8. The second-order valence-corrected chi connectivity index (χ2v) is 3.94. The van der Waals surface area contributed by atoms with Crippen molar-refractivity contribution in [3.05, 3.63) is 23.8 Å². The smallest absolute Gasteiger partial charge is 0.155 e. The summed E-state index contributed by atoms with van der Waals surface area (Å²) in [5.41, 5.74) is 4.88. The second kappa shape index (κ2) is 7.16. The van der Waals surface area contributed by atoms with E-state index in [1.165, 1.54) is 0 Å². The molecule has 0 fully saturated rings. The summed E-state index contributed by atoms with van der Waals surface area (Å²) in [6.07, 6.45) is 1.77. The number of hydrogen-bond acceptors (Lipinski definition) is 2. The van der Waals surface area contributed by atoms with Gasteiger partial charge in [0.1, 0.15) is 17.3 Å². The van der Waals surface area contributed by atoms with Crippen molar-refractivity contribution in [3.8, 4) is 5.75 Å². The molecule has 100 valence electrons. The minimum Gasteiger partial charge on any atom is -0.493 e. The van der Waals surface area contributed by atoms with Crippen molar-refractivity contribution < 1.29 is 13.5 Å². The zero-order valence-electron chi connectivity index (χ0n) is 10.0. The van der Waals surface area contributed by atoms with Crippen LogP contribution in [0.25, 0.3) is 0 Å². The second-order valence-electron chi connectivity index (χ2n) is 3.67. The highest BCUT2D eigenvalue weighted by molar-refractivity contribution is 6.28. The Balaban J connectivity index is 2.90. The van der Waals surface area contributed by atoms with Crippen molar-refractivity contribution in [1.29, 1.82) is 0 Å². The first-order valence-electron chi connectivity index (χ1n) is 5.59. The van der Waals surface area contributed by atoms with E-state index in [1.807, 2.05) is 6.92 Å². The van der Waals surface area contributed by atoms with Crippen LogP contribution in [-0.2, 0) is 0 Å². The van der Waals surface area contributed by atoms with Crippen LogP contribution < -0.4 is 10.5 Å². The summed E-state index contributed by atoms with van der Waals surface area (Å²) < 4.78 is 32.4. The minimum absolute atomic E-state index is 0.0471. The molecular weight excluding hydrogens is 262 g/mol. The van der Waals surface area contributed by atoms with Crippen LogP contribution in [0.1, 0.15) is 19.8 Å². The molecular formula is C12H15ClF2N2O. The van der Waals surface area contributed by atoms with Crippen LogP contribution in [0.5, 0.6) is 5.75 Å². The third-order valence-electron chi connectivity index (χ3n) is 2.15. The fraction of sp³-hybridized carbons (Fsp3) is 0.417. The number of unbranched alkanes of at least 4 members (excludes halogenated alkanes) is 1. The van der Waals surface area contributed by atoms with Crippen LogP contribution in [0.2, 0.25) is 0 Å². The number of hydrogen-bond donors (Lipinski definition) is 1. The Labute approximate surface area is 110 Å². The highest BCUT2D eigenvalue weighted by atomic mass is 35.5. The molecule has 0 aliphatic carbocycles. The molecule has 0 unspecified atom stereocenters. The molecule has 18 heavy (non-hydrogen) atoms. The van der Waals surface area contributed by atoms with Gasteiger partial charge in [-0.2, -0.15) is 0 Å². The molecule has 0 aromatic heterocycles. The average Bonchev–Trinajstić information content (AvgIpc) is 2.34. The van der Waals surface area contributed by atoms with Gasteiger partial charge in [-0.1, -0.05) is 13.3 Å². The summed E-state index contributed by atoms with van der Waals surface area (Å²) in [6, 6.07) is 2.16. The molecule has 1 aromatic carbocycles. The standard InChI is InChI=1S/C12H15ClF2N2O/c1-2-3-4-18-8-5-9(14)12(10(15)6-8)17-11(16)7-13/h5-6H,2-4,7H2,1H3,(H2,16,17). The third-order valence-corrected chi connectivity index (χ3v) is 2.42. The number of ether oxygens (including phenoxy) is 1. The SMILES string of the molecule is CCCCOc1cc(F)c(N=C(N)CCl)c(F)c1. The zero-order chi connectivity index (χ0) is 13.5. The topological polar surface area (TPSA) is 47.6 Å². The first-order chi connectivity index (χ1) is 8.58. The Kier molecular flexibility index (Phi) is 5.85. The van der Waals surface area contributed by atoms with Gasteiger partial charge in [0.15, 0.2) is 11.6 Å². The van der Waals surface area contributed by atoms with E-state index in [4.69, 9.17) is 22.1 Å². The largest absolute Gasteiger partial charge is 0.493 e. The molecule has 0 aliphatic heterocycles. The Hall–Kier alpha value is -1.36. The van der Waals surface area contributed by atoms with E-state index in [1.54, 1.807) is 0 Å². The molecule has 0 heterocycles. The van der Waals surface area contributed by atoms with E-state index in [0.29, 0.717) is 6.61 Å². The van der Waals surface area contributed by atoms with Crippen molar-refractivity contribution in [2.75, 3.05) is 12.5 Å². The van der Waals surface area contributed by atoms with Gasteiger partial charge < -0.3 is 10.5 Å². The summed E-state index contributed by atoms with van der Waals surface area (Å²) in [5.74, 6) is -1.65. The van der Waals surface area contributed by atoms with Gasteiger partial charge in [-0.3, -0.25) is 0 Å². The monoisotopic (exact) mass is 276 g/mol. The third kappa shape index (κ3) is 4.14. The predicted octanol–water partition coefficient (Wildman–Crippen LogP) is 3.37. The number of amidine groups is 1. The van der Waals surface area contributed by atoms with Crippen molar-refractivity contribution in [2.45, 2.75) is 19.8 Å². The summed E-state index contributed by atoms with van der Waals surface area (Å²) >= 11 is 5.40. The quantitative estimate of drug-likeness (QED) is 0.375. The maximum Gasteiger partial charge on any atom is 0.155 e. The first kappa shape index (κ1) is 14.7. The van der Waals surface area contributed by atoms with Crippen molar-refractivity contribution in [1.82, 2.24) is 0 Å². The molecule has 1 rings (SSSR count). The van der Waals surface area contributed by atoms with E-state index >= 15 is 0 Å². The normalized spacial score (nSPS) is 11.7. The molecule has 0 radical (unpaired) electrons. The lowest BCUT2D eigenvalue weighted by Crippen LogP contribution is -2.12. The van der Waals surface area contributed by atoms with Crippen molar-refractivity contribution in [3.63, 3.8) is 0 Å². The average molecular weight is 277 g/mol. The van der Waals surface area contributed by atoms with Gasteiger partial charge in [-0.25, -0.2) is 13.8 Å². The van der Waals surface area contributed by atoms with Crippen LogP contribution in [0.15, 0.2) is 17.1 Å². The van der Waals surface area contributed by atoms with E-state index in [2.05, 4.69) is 4.99 Å². The molecule has 0 saturated heterocycles. The van der Waals surface area contributed by atoms with Gasteiger partial charge in [0, 0.05) is 12.1 Å². The molecule has 0 spiro atoms. The molecule has 0 saturated carbocycles. The number of nitrogens with zero attached hydrogens (tertiary/aromatic N) is 1. The highest BCUT2D eigenvalue weighted by Crippen LogP contribution is 2.27. The fourth-order valence-corrected chi connectivity index (χ4v) is 1.30. The molecule has 1 aromatic rings. The van der Waals surface area contributed by atoms with Crippen LogP contribution in [0, 0.1) is 11.6 Å². The molecule has 2 N–H and O–H groups in total. The lowest BCUT2D eigenvalue weighted by molar-refractivity contribution is 0.306. The highest BCUT2D eigenvalue weighted by Gasteiger charge is 2.11.